The first-order valence-electron chi connectivity index (χ1n) is 5.12. The van der Waals surface area contributed by atoms with Crippen molar-refractivity contribution in [1.29, 1.82) is 0 Å². The van der Waals surface area contributed by atoms with E-state index < -0.39 is 0 Å². The van der Waals surface area contributed by atoms with Gasteiger partial charge in [0.15, 0.2) is 0 Å². The molecule has 0 radical (unpaired) electrons. The number of nitrogens with zero attached hydrogens (tertiary/aromatic N) is 1. The van der Waals surface area contributed by atoms with Crippen molar-refractivity contribution in [2.45, 2.75) is 32.1 Å². The summed E-state index contributed by atoms with van der Waals surface area (Å²) in [6.45, 7) is 0.863. The zero-order chi connectivity index (χ0) is 10.6. The summed E-state index contributed by atoms with van der Waals surface area (Å²) in [6.07, 6.45) is 5.33. The van der Waals surface area contributed by atoms with E-state index in [0.717, 1.165) is 6.54 Å². The molecule has 0 spiro atoms. The molecular weight excluding hydrogens is 196 g/mol. The Balaban J connectivity index is 2.29. The molecule has 1 aliphatic rings. The van der Waals surface area contributed by atoms with Gasteiger partial charge < -0.3 is 10.6 Å². The number of nitrogens with two attached hydrogens (primary N) is 1. The van der Waals surface area contributed by atoms with Crippen molar-refractivity contribution in [2.24, 2.45) is 11.7 Å². The normalized spacial score (nSPS) is 16.9. The number of rotatable bonds is 4. The van der Waals surface area contributed by atoms with Crippen LogP contribution in [0.2, 0.25) is 0 Å². The molecule has 0 heterocycles. The molecule has 0 aromatic rings. The van der Waals surface area contributed by atoms with E-state index in [4.69, 9.17) is 18.0 Å². The van der Waals surface area contributed by atoms with Crippen molar-refractivity contribution < 1.29 is 4.79 Å². The lowest BCUT2D eigenvalue weighted by molar-refractivity contribution is -0.129. The average molecular weight is 214 g/mol. The highest BCUT2D eigenvalue weighted by Crippen LogP contribution is 2.25. The predicted octanol–water partition coefficient (Wildman–Crippen LogP) is 1.31. The van der Waals surface area contributed by atoms with Crippen LogP contribution in [-0.2, 0) is 4.79 Å². The van der Waals surface area contributed by atoms with Crippen molar-refractivity contribution in [3.63, 3.8) is 0 Å². The van der Waals surface area contributed by atoms with Crippen LogP contribution in [0.5, 0.6) is 0 Å². The van der Waals surface area contributed by atoms with E-state index in [1.165, 1.54) is 25.7 Å². The second-order valence-corrected chi connectivity index (χ2v) is 4.59. The van der Waals surface area contributed by atoms with Crippen molar-refractivity contribution >= 4 is 23.1 Å². The molecule has 1 saturated carbocycles. The molecule has 0 aliphatic heterocycles. The summed E-state index contributed by atoms with van der Waals surface area (Å²) < 4.78 is 0. The number of hydrogen-bond acceptors (Lipinski definition) is 2. The van der Waals surface area contributed by atoms with Crippen LogP contribution >= 0.6 is 12.2 Å². The van der Waals surface area contributed by atoms with Crippen LogP contribution in [0.3, 0.4) is 0 Å². The summed E-state index contributed by atoms with van der Waals surface area (Å²) in [5, 5.41) is 0. The standard InChI is InChI=1S/C10H18N2OS/c1-12(10(13)6-9(11)14)7-8-4-2-3-5-8/h8H,2-7H2,1H3,(H2,11,14). The third-order valence-corrected chi connectivity index (χ3v) is 2.90. The molecule has 0 unspecified atom stereocenters. The Morgan fingerprint density at radius 2 is 2.07 bits per heavy atom. The summed E-state index contributed by atoms with van der Waals surface area (Å²) in [5.74, 6) is 0.736. The van der Waals surface area contributed by atoms with Crippen molar-refractivity contribution in [3.8, 4) is 0 Å². The predicted molar refractivity (Wildman–Crippen MR) is 61.0 cm³/mol. The lowest BCUT2D eigenvalue weighted by atomic mass is 10.1. The Labute approximate surface area is 90.6 Å². The molecule has 0 saturated heterocycles. The highest BCUT2D eigenvalue weighted by Gasteiger charge is 2.19. The first kappa shape index (κ1) is 11.4. The smallest absolute Gasteiger partial charge is 0.229 e. The third kappa shape index (κ3) is 3.62. The van der Waals surface area contributed by atoms with Gasteiger partial charge in [-0.3, -0.25) is 4.79 Å². The van der Waals surface area contributed by atoms with Gasteiger partial charge in [-0.2, -0.15) is 0 Å². The summed E-state index contributed by atoms with van der Waals surface area (Å²) in [4.78, 5) is 13.5. The van der Waals surface area contributed by atoms with Crippen LogP contribution < -0.4 is 5.73 Å². The highest BCUT2D eigenvalue weighted by molar-refractivity contribution is 7.80. The Kier molecular flexibility index (Phi) is 4.32. The van der Waals surface area contributed by atoms with Gasteiger partial charge in [0.1, 0.15) is 0 Å². The molecule has 80 valence electrons. The quantitative estimate of drug-likeness (QED) is 0.718. The Morgan fingerprint density at radius 3 is 2.57 bits per heavy atom. The van der Waals surface area contributed by atoms with E-state index in [9.17, 15) is 4.79 Å². The fourth-order valence-electron chi connectivity index (χ4n) is 1.97. The van der Waals surface area contributed by atoms with Gasteiger partial charge in [0.05, 0.1) is 11.4 Å². The molecule has 1 rings (SSSR count). The van der Waals surface area contributed by atoms with Crippen LogP contribution in [-0.4, -0.2) is 29.4 Å². The van der Waals surface area contributed by atoms with Gasteiger partial charge in [0, 0.05) is 13.6 Å². The maximum atomic E-state index is 11.5. The fraction of sp³-hybridized carbons (Fsp3) is 0.800. The average Bonchev–Trinajstić information content (AvgIpc) is 2.55. The number of amides is 1. The highest BCUT2D eigenvalue weighted by atomic mass is 32.1. The topological polar surface area (TPSA) is 46.3 Å². The lowest BCUT2D eigenvalue weighted by Crippen LogP contribution is -2.33. The third-order valence-electron chi connectivity index (χ3n) is 2.76. The van der Waals surface area contributed by atoms with Crippen LogP contribution in [0.1, 0.15) is 32.1 Å². The molecule has 4 heteroatoms. The van der Waals surface area contributed by atoms with Gasteiger partial charge in [0.2, 0.25) is 5.91 Å². The molecule has 3 nitrogen and oxygen atoms in total. The van der Waals surface area contributed by atoms with Crippen molar-refractivity contribution in [1.82, 2.24) is 4.90 Å². The summed E-state index contributed by atoms with van der Waals surface area (Å²) >= 11 is 4.70. The van der Waals surface area contributed by atoms with Gasteiger partial charge >= 0.3 is 0 Å². The van der Waals surface area contributed by atoms with E-state index in [0.29, 0.717) is 5.92 Å². The Hall–Kier alpha value is -0.640. The zero-order valence-corrected chi connectivity index (χ0v) is 9.48. The van der Waals surface area contributed by atoms with E-state index in [-0.39, 0.29) is 17.3 Å². The first-order valence-corrected chi connectivity index (χ1v) is 5.52. The molecule has 0 aromatic heterocycles. The van der Waals surface area contributed by atoms with E-state index >= 15 is 0 Å². The van der Waals surface area contributed by atoms with Crippen LogP contribution in [0, 0.1) is 5.92 Å². The summed E-state index contributed by atoms with van der Waals surface area (Å²) in [7, 11) is 1.83. The maximum absolute atomic E-state index is 11.5. The molecule has 0 bridgehead atoms. The molecule has 2 N–H and O–H groups in total. The summed E-state index contributed by atoms with van der Waals surface area (Å²) in [6, 6.07) is 0. The van der Waals surface area contributed by atoms with Gasteiger partial charge in [0.25, 0.3) is 0 Å². The first-order chi connectivity index (χ1) is 6.59. The van der Waals surface area contributed by atoms with Gasteiger partial charge in [-0.1, -0.05) is 25.1 Å². The number of hydrogen-bond donors (Lipinski definition) is 1. The van der Waals surface area contributed by atoms with Gasteiger partial charge in [-0.05, 0) is 18.8 Å². The zero-order valence-electron chi connectivity index (χ0n) is 8.66. The Bertz CT molecular complexity index is 224. The minimum Gasteiger partial charge on any atom is -0.393 e. The SMILES string of the molecule is CN(CC1CCCC1)C(=O)CC(N)=S. The molecule has 1 fully saturated rings. The molecule has 1 aliphatic carbocycles. The monoisotopic (exact) mass is 214 g/mol. The summed E-state index contributed by atoms with van der Waals surface area (Å²) in [5.41, 5.74) is 5.32. The molecule has 1 amide bonds. The van der Waals surface area contributed by atoms with Crippen LogP contribution in [0.4, 0.5) is 0 Å². The van der Waals surface area contributed by atoms with Crippen molar-refractivity contribution in [2.75, 3.05) is 13.6 Å². The number of carbonyl (C=O) groups is 1. The molecule has 0 atom stereocenters. The molecule has 0 aromatic carbocycles. The van der Waals surface area contributed by atoms with E-state index in [1.807, 2.05) is 7.05 Å². The van der Waals surface area contributed by atoms with E-state index in [2.05, 4.69) is 0 Å². The Morgan fingerprint density at radius 1 is 1.50 bits per heavy atom. The lowest BCUT2D eigenvalue weighted by Gasteiger charge is -2.20. The number of thiocarbonyl (C=S) groups is 1. The van der Waals surface area contributed by atoms with Crippen LogP contribution in [0.25, 0.3) is 0 Å². The second kappa shape index (κ2) is 5.29. The van der Waals surface area contributed by atoms with E-state index in [1.54, 1.807) is 4.90 Å². The van der Waals surface area contributed by atoms with Gasteiger partial charge in [-0.15, -0.1) is 0 Å². The minimum absolute atomic E-state index is 0.0457. The maximum Gasteiger partial charge on any atom is 0.229 e. The second-order valence-electron chi connectivity index (χ2n) is 4.07. The van der Waals surface area contributed by atoms with Crippen LogP contribution in [0.15, 0.2) is 0 Å². The van der Waals surface area contributed by atoms with Gasteiger partial charge in [-0.25, -0.2) is 0 Å². The molecule has 14 heavy (non-hydrogen) atoms. The number of carbonyl (C=O) groups excluding carboxylic acids is 1. The minimum atomic E-state index is 0.0457. The van der Waals surface area contributed by atoms with Crippen molar-refractivity contribution in [3.05, 3.63) is 0 Å². The molecular formula is C10H18N2OS. The largest absolute Gasteiger partial charge is 0.393 e. The fourth-order valence-corrected chi connectivity index (χ4v) is 2.09.